The van der Waals surface area contributed by atoms with Crippen molar-refractivity contribution in [1.29, 1.82) is 0 Å². The Morgan fingerprint density at radius 3 is 0.937 bits per heavy atom. The van der Waals surface area contributed by atoms with E-state index in [-0.39, 0.29) is 12.4 Å². The lowest BCUT2D eigenvalue weighted by Gasteiger charge is -2.09. The summed E-state index contributed by atoms with van der Waals surface area (Å²) in [7, 11) is 0. The number of phenols is 3. The van der Waals surface area contributed by atoms with Gasteiger partial charge in [-0.15, -0.1) is 0 Å². The van der Waals surface area contributed by atoms with Crippen molar-refractivity contribution in [3.05, 3.63) is 87.5 Å². The van der Waals surface area contributed by atoms with Gasteiger partial charge in [-0.3, -0.25) is 0 Å². The van der Waals surface area contributed by atoms with Crippen LogP contribution in [-0.4, -0.2) is 20.4 Å². The summed E-state index contributed by atoms with van der Waals surface area (Å²) in [6, 6.07) is 16.0. The molecule has 0 saturated carbocycles. The number of benzene rings is 3. The molecule has 0 heterocycles. The van der Waals surface area contributed by atoms with E-state index in [1.807, 2.05) is 38.1 Å². The summed E-state index contributed by atoms with van der Waals surface area (Å²) >= 11 is 0. The van der Waals surface area contributed by atoms with Gasteiger partial charge in [-0.05, 0) is 110 Å². The lowest BCUT2D eigenvalue weighted by Crippen LogP contribution is -1.93. The molecule has 0 spiro atoms. The summed E-state index contributed by atoms with van der Waals surface area (Å²) in [5, 5.41) is 38.2. The van der Waals surface area contributed by atoms with E-state index in [4.69, 9.17) is 0 Å². The van der Waals surface area contributed by atoms with Crippen LogP contribution in [0.3, 0.4) is 0 Å². The van der Waals surface area contributed by atoms with Gasteiger partial charge in [-0.25, -0.2) is 0 Å². The predicted molar refractivity (Wildman–Crippen MR) is 276 cm³/mol. The Morgan fingerprint density at radius 1 is 0.333 bits per heavy atom. The van der Waals surface area contributed by atoms with Crippen LogP contribution in [0.1, 0.15) is 259 Å². The first kappa shape index (κ1) is 58.0. The van der Waals surface area contributed by atoms with Gasteiger partial charge in [0.15, 0.2) is 0 Å². The number of aryl methyl sites for hydroxylation is 6. The molecule has 0 aliphatic heterocycles. The van der Waals surface area contributed by atoms with Gasteiger partial charge < -0.3 is 20.4 Å². The van der Waals surface area contributed by atoms with Crippen molar-refractivity contribution >= 4 is 0 Å². The van der Waals surface area contributed by atoms with Crippen LogP contribution in [0.2, 0.25) is 0 Å². The highest BCUT2D eigenvalue weighted by Crippen LogP contribution is 2.27. The maximum absolute atomic E-state index is 9.97. The fourth-order valence-corrected chi connectivity index (χ4v) is 8.66. The Labute approximate surface area is 390 Å². The largest absolute Gasteiger partial charge is 0.508 e. The third kappa shape index (κ3) is 30.7. The maximum atomic E-state index is 9.97. The first-order valence-electron chi connectivity index (χ1n) is 26.7. The molecule has 0 unspecified atom stereocenters. The zero-order valence-electron chi connectivity index (χ0n) is 42.2. The number of hydrogen-bond acceptors (Lipinski definition) is 4. The topological polar surface area (TPSA) is 80.9 Å². The van der Waals surface area contributed by atoms with Crippen molar-refractivity contribution < 1.29 is 20.4 Å². The SMILES string of the molecule is CCCCCCCCCCCCc1cc(C)c(O)c(CC)c1.CCCCCCCCCCCCc1cc(C)c(O)c(CO)c1.CCCCCCCCCCCCc1ccc(O)cc1. The molecule has 3 aromatic rings. The average molecular weight is 873 g/mol. The minimum Gasteiger partial charge on any atom is -0.508 e. The van der Waals surface area contributed by atoms with Crippen LogP contribution in [-0.2, 0) is 32.3 Å². The minimum atomic E-state index is -0.0848. The Kier molecular flexibility index (Phi) is 37.3. The van der Waals surface area contributed by atoms with E-state index >= 15 is 0 Å². The zero-order chi connectivity index (χ0) is 46.2. The molecule has 4 heteroatoms. The first-order valence-corrected chi connectivity index (χ1v) is 26.7. The molecular weight excluding hydrogens is 773 g/mol. The lowest BCUT2D eigenvalue weighted by atomic mass is 9.98. The molecule has 360 valence electrons. The van der Waals surface area contributed by atoms with Crippen LogP contribution in [0.4, 0.5) is 0 Å². The fourth-order valence-electron chi connectivity index (χ4n) is 8.66. The van der Waals surface area contributed by atoms with Crippen LogP contribution in [0.15, 0.2) is 48.5 Å². The number of aliphatic hydroxyl groups excluding tert-OH is 1. The van der Waals surface area contributed by atoms with Crippen LogP contribution in [0.25, 0.3) is 0 Å². The van der Waals surface area contributed by atoms with Crippen LogP contribution >= 0.6 is 0 Å². The van der Waals surface area contributed by atoms with Gasteiger partial charge >= 0.3 is 0 Å². The normalized spacial score (nSPS) is 11.0. The highest BCUT2D eigenvalue weighted by Gasteiger charge is 2.07. The Balaban J connectivity index is 0.000000474. The van der Waals surface area contributed by atoms with Crippen molar-refractivity contribution in [3.63, 3.8) is 0 Å². The van der Waals surface area contributed by atoms with Crippen LogP contribution < -0.4 is 0 Å². The number of aliphatic hydroxyl groups is 1. The van der Waals surface area contributed by atoms with Gasteiger partial charge in [0.25, 0.3) is 0 Å². The molecule has 0 saturated heterocycles. The third-order valence-electron chi connectivity index (χ3n) is 12.8. The van der Waals surface area contributed by atoms with Crippen LogP contribution in [0, 0.1) is 13.8 Å². The molecule has 3 rings (SSSR count). The standard InChI is InChI=1S/C21H36O.C20H34O2.C18H30O/c1-4-6-7-8-9-10-11-12-13-14-15-19-16-18(3)21(22)20(5-2)17-19;1-3-4-5-6-7-8-9-10-11-12-13-18-14-17(2)20(22)19(15-18)16-21;1-2-3-4-5-6-7-8-9-10-11-12-17-13-15-18(19)16-14-17/h16-17,22H,4-15H2,1-3H3;14-15,21-22H,3-13,16H2,1-2H3;13-16,19H,2-12H2,1H3. The number of hydrogen-bond donors (Lipinski definition) is 4. The first-order chi connectivity index (χ1) is 30.7. The Hall–Kier alpha value is -2.98. The second kappa shape index (κ2) is 40.5. The van der Waals surface area contributed by atoms with Crippen molar-refractivity contribution in [2.75, 3.05) is 0 Å². The number of aromatic hydroxyl groups is 3. The molecular formula is C59H100O4. The zero-order valence-corrected chi connectivity index (χ0v) is 42.2. The van der Waals surface area contributed by atoms with E-state index in [1.165, 1.54) is 209 Å². The monoisotopic (exact) mass is 873 g/mol. The molecule has 0 aromatic heterocycles. The van der Waals surface area contributed by atoms with Crippen molar-refractivity contribution in [2.24, 2.45) is 0 Å². The van der Waals surface area contributed by atoms with Crippen molar-refractivity contribution in [1.82, 2.24) is 0 Å². The summed E-state index contributed by atoms with van der Waals surface area (Å²) < 4.78 is 0. The quantitative estimate of drug-likeness (QED) is 0.0444. The summed E-state index contributed by atoms with van der Waals surface area (Å²) in [6.07, 6.45) is 45.5. The van der Waals surface area contributed by atoms with E-state index in [2.05, 4.69) is 39.8 Å². The van der Waals surface area contributed by atoms with E-state index in [0.29, 0.717) is 17.1 Å². The van der Waals surface area contributed by atoms with Crippen molar-refractivity contribution in [2.45, 2.75) is 266 Å². The Bertz CT molecular complexity index is 1400. The molecule has 0 fully saturated rings. The molecule has 4 N–H and O–H groups in total. The predicted octanol–water partition coefficient (Wildman–Crippen LogP) is 18.2. The van der Waals surface area contributed by atoms with Gasteiger partial charge in [0.1, 0.15) is 17.2 Å². The summed E-state index contributed by atoms with van der Waals surface area (Å²) in [4.78, 5) is 0. The summed E-state index contributed by atoms with van der Waals surface area (Å²) in [5.41, 5.74) is 7.63. The van der Waals surface area contributed by atoms with Gasteiger partial charge in [0.05, 0.1) is 6.61 Å². The molecule has 4 nitrogen and oxygen atoms in total. The minimum absolute atomic E-state index is 0.0848. The third-order valence-corrected chi connectivity index (χ3v) is 12.8. The molecule has 0 amide bonds. The van der Waals surface area contributed by atoms with Gasteiger partial charge in [0.2, 0.25) is 0 Å². The van der Waals surface area contributed by atoms with Crippen molar-refractivity contribution in [3.8, 4) is 17.2 Å². The molecule has 0 aliphatic carbocycles. The van der Waals surface area contributed by atoms with Gasteiger partial charge in [-0.1, -0.05) is 231 Å². The molecule has 63 heavy (non-hydrogen) atoms. The van der Waals surface area contributed by atoms with Gasteiger partial charge in [0, 0.05) is 5.56 Å². The van der Waals surface area contributed by atoms with E-state index in [9.17, 15) is 20.4 Å². The smallest absolute Gasteiger partial charge is 0.124 e. The lowest BCUT2D eigenvalue weighted by molar-refractivity contribution is 0.275. The number of unbranched alkanes of at least 4 members (excludes halogenated alkanes) is 27. The highest BCUT2D eigenvalue weighted by atomic mass is 16.3. The molecule has 0 aliphatic rings. The van der Waals surface area contributed by atoms with Crippen LogP contribution in [0.5, 0.6) is 17.2 Å². The average Bonchev–Trinajstić information content (AvgIpc) is 3.28. The van der Waals surface area contributed by atoms with E-state index in [0.717, 1.165) is 42.4 Å². The second-order valence-corrected chi connectivity index (χ2v) is 18.8. The molecule has 3 aromatic carbocycles. The fraction of sp³-hybridized carbons (Fsp3) is 0.695. The number of phenolic OH excluding ortho intramolecular Hbond substituents is 2. The molecule has 0 bridgehead atoms. The second-order valence-electron chi connectivity index (χ2n) is 18.8. The van der Waals surface area contributed by atoms with Gasteiger partial charge in [-0.2, -0.15) is 0 Å². The highest BCUT2D eigenvalue weighted by molar-refractivity contribution is 5.43. The molecule has 0 atom stereocenters. The Morgan fingerprint density at radius 2 is 0.619 bits per heavy atom. The summed E-state index contributed by atoms with van der Waals surface area (Å²) in [6.45, 7) is 12.7. The number of rotatable bonds is 35. The maximum Gasteiger partial charge on any atom is 0.124 e. The van der Waals surface area contributed by atoms with E-state index < -0.39 is 0 Å². The summed E-state index contributed by atoms with van der Waals surface area (Å²) in [5.74, 6) is 1.11. The molecule has 0 radical (unpaired) electrons. The van der Waals surface area contributed by atoms with E-state index in [1.54, 1.807) is 12.1 Å².